The number of nitrogens with one attached hydrogen (secondary N) is 1. The third-order valence-electron chi connectivity index (χ3n) is 9.44. The number of carbonyl (C=O) groups is 1. The molecule has 1 N–H and O–H groups in total. The van der Waals surface area contributed by atoms with E-state index < -0.39 is 15.9 Å². The Morgan fingerprint density at radius 2 is 1.69 bits per heavy atom. The van der Waals surface area contributed by atoms with E-state index in [0.717, 1.165) is 61.4 Å². The van der Waals surface area contributed by atoms with E-state index in [4.69, 9.17) is 14.6 Å². The first-order valence-electron chi connectivity index (χ1n) is 16.9. The zero-order valence-corrected chi connectivity index (χ0v) is 30.7. The van der Waals surface area contributed by atoms with E-state index in [0.29, 0.717) is 26.1 Å². The van der Waals surface area contributed by atoms with E-state index in [9.17, 15) is 13.2 Å². The summed E-state index contributed by atoms with van der Waals surface area (Å²) in [5.41, 5.74) is 9.64. The molecule has 6 aromatic rings. The summed E-state index contributed by atoms with van der Waals surface area (Å²) in [6.45, 7) is 9.20. The second kappa shape index (κ2) is 14.9. The van der Waals surface area contributed by atoms with Crippen LogP contribution in [0.2, 0.25) is 0 Å². The number of para-hydroxylation sites is 1. The van der Waals surface area contributed by atoms with Crippen molar-refractivity contribution in [3.05, 3.63) is 130 Å². The van der Waals surface area contributed by atoms with E-state index in [1.54, 1.807) is 37.7 Å². The van der Waals surface area contributed by atoms with Crippen LogP contribution in [0.1, 0.15) is 56.1 Å². The van der Waals surface area contributed by atoms with Gasteiger partial charge in [-0.05, 0) is 98.7 Å². The molecule has 3 aromatic carbocycles. The molecule has 51 heavy (non-hydrogen) atoms. The van der Waals surface area contributed by atoms with E-state index in [1.165, 1.54) is 17.7 Å². The largest absolute Gasteiger partial charge is 0.494 e. The molecule has 11 heteroatoms. The number of aromatic nitrogens is 4. The highest BCUT2D eigenvalue weighted by atomic mass is 32.2. The van der Waals surface area contributed by atoms with E-state index in [-0.39, 0.29) is 17.1 Å². The molecule has 0 radical (unpaired) electrons. The van der Waals surface area contributed by atoms with Gasteiger partial charge < -0.3 is 14.0 Å². The number of sulfonamides is 1. The lowest BCUT2D eigenvalue weighted by Gasteiger charge is -2.15. The van der Waals surface area contributed by atoms with Crippen LogP contribution in [0.15, 0.2) is 90.1 Å². The van der Waals surface area contributed by atoms with Gasteiger partial charge in [0, 0.05) is 55.3 Å². The minimum atomic E-state index is -4.18. The number of fused-ring (bicyclic) bond motifs is 1. The van der Waals surface area contributed by atoms with Gasteiger partial charge >= 0.3 is 0 Å². The van der Waals surface area contributed by atoms with Crippen molar-refractivity contribution in [3.8, 4) is 16.9 Å². The zero-order valence-electron chi connectivity index (χ0n) is 29.9. The molecule has 3 heterocycles. The molecule has 0 bridgehead atoms. The fraction of sp³-hybridized carbons (Fsp3) is 0.275. The van der Waals surface area contributed by atoms with E-state index in [1.807, 2.05) is 65.7 Å². The van der Waals surface area contributed by atoms with Crippen molar-refractivity contribution in [1.82, 2.24) is 24.1 Å². The molecule has 264 valence electrons. The Bertz CT molecular complexity index is 2290. The maximum absolute atomic E-state index is 14.5. The van der Waals surface area contributed by atoms with Crippen LogP contribution in [0.25, 0.3) is 22.0 Å². The normalized spacial score (nSPS) is 11.6. The summed E-state index contributed by atoms with van der Waals surface area (Å²) >= 11 is 0. The molecule has 1 amide bonds. The molecule has 0 saturated carbocycles. The summed E-state index contributed by atoms with van der Waals surface area (Å²) in [7, 11) is -0.659. The van der Waals surface area contributed by atoms with Gasteiger partial charge in [-0.3, -0.25) is 14.5 Å². The van der Waals surface area contributed by atoms with E-state index in [2.05, 4.69) is 30.5 Å². The van der Waals surface area contributed by atoms with Crippen LogP contribution in [0.4, 0.5) is 0 Å². The molecular formula is C40H43N5O5S. The van der Waals surface area contributed by atoms with Gasteiger partial charge in [-0.1, -0.05) is 42.5 Å². The molecule has 3 aromatic heterocycles. The summed E-state index contributed by atoms with van der Waals surface area (Å²) in [5, 5.41) is 5.59. The quantitative estimate of drug-likeness (QED) is 0.129. The number of methoxy groups -OCH3 is 1. The summed E-state index contributed by atoms with van der Waals surface area (Å²) < 4.78 is 45.0. The van der Waals surface area contributed by atoms with Gasteiger partial charge in [0.1, 0.15) is 11.4 Å². The Morgan fingerprint density at radius 1 is 0.941 bits per heavy atom. The molecule has 0 spiro atoms. The van der Waals surface area contributed by atoms with Crippen molar-refractivity contribution in [2.75, 3.05) is 13.7 Å². The SMILES string of the molecule is COCc1nn(C)c(C)c1-c1cccc2c(CCCOc3cc(C)c(C)c(C)c3)c(C(=O)NS(=O)(=O)c3ccccc3)n(Cc3cccnc3)c12. The molecule has 0 fully saturated rings. The molecule has 0 unspecified atom stereocenters. The number of hydrogen-bond donors (Lipinski definition) is 1. The van der Waals surface area contributed by atoms with Gasteiger partial charge in [-0.15, -0.1) is 0 Å². The zero-order chi connectivity index (χ0) is 36.3. The smallest absolute Gasteiger partial charge is 0.281 e. The fourth-order valence-electron chi connectivity index (χ4n) is 6.64. The molecule has 0 aliphatic heterocycles. The third kappa shape index (κ3) is 7.31. The predicted molar refractivity (Wildman–Crippen MR) is 198 cm³/mol. The Hall–Kier alpha value is -5.26. The Morgan fingerprint density at radius 3 is 2.37 bits per heavy atom. The minimum absolute atomic E-state index is 0.00258. The number of ether oxygens (including phenoxy) is 2. The van der Waals surface area contributed by atoms with Gasteiger partial charge in [0.15, 0.2) is 0 Å². The highest BCUT2D eigenvalue weighted by molar-refractivity contribution is 7.90. The van der Waals surface area contributed by atoms with Crippen molar-refractivity contribution in [3.63, 3.8) is 0 Å². The van der Waals surface area contributed by atoms with Crippen molar-refractivity contribution in [1.29, 1.82) is 0 Å². The predicted octanol–water partition coefficient (Wildman–Crippen LogP) is 7.00. The molecule has 0 saturated heterocycles. The summed E-state index contributed by atoms with van der Waals surface area (Å²) in [4.78, 5) is 18.8. The van der Waals surface area contributed by atoms with Gasteiger partial charge in [-0.25, -0.2) is 13.1 Å². The number of carbonyl (C=O) groups excluding carboxylic acids is 1. The average Bonchev–Trinajstić information content (AvgIpc) is 3.58. The highest BCUT2D eigenvalue weighted by Gasteiger charge is 2.29. The molecule has 0 atom stereocenters. The fourth-order valence-corrected chi connectivity index (χ4v) is 7.61. The standard InChI is InChI=1S/C40H43N5O5S/c1-26-21-31(22-27(2)28(26)3)50-20-12-18-34-33-16-10-17-35(37-29(4)44(5)42-36(37)25-49-6)38(33)45(24-30-13-11-19-41-23-30)39(34)40(46)43-51(47,48)32-14-8-7-9-15-32/h7-11,13-17,19,21-23H,12,18,20,24-25H2,1-6H3,(H,43,46). The number of aryl methyl sites for hydroxylation is 4. The second-order valence-corrected chi connectivity index (χ2v) is 14.5. The minimum Gasteiger partial charge on any atom is -0.494 e. The first kappa shape index (κ1) is 35.6. The summed E-state index contributed by atoms with van der Waals surface area (Å²) in [6, 6.07) is 21.7. The van der Waals surface area contributed by atoms with Gasteiger partial charge in [0.2, 0.25) is 0 Å². The second-order valence-electron chi connectivity index (χ2n) is 12.8. The third-order valence-corrected chi connectivity index (χ3v) is 10.8. The van der Waals surface area contributed by atoms with Crippen LogP contribution < -0.4 is 9.46 Å². The maximum atomic E-state index is 14.5. The van der Waals surface area contributed by atoms with Gasteiger partial charge in [0.25, 0.3) is 15.9 Å². The van der Waals surface area contributed by atoms with Crippen molar-refractivity contribution >= 4 is 26.8 Å². The highest BCUT2D eigenvalue weighted by Crippen LogP contribution is 2.39. The van der Waals surface area contributed by atoms with Crippen LogP contribution in [0, 0.1) is 27.7 Å². The summed E-state index contributed by atoms with van der Waals surface area (Å²) in [5.74, 6) is 0.0761. The summed E-state index contributed by atoms with van der Waals surface area (Å²) in [6.07, 6.45) is 4.48. The molecular weight excluding hydrogens is 663 g/mol. The van der Waals surface area contributed by atoms with Crippen LogP contribution in [0.3, 0.4) is 0 Å². The lowest BCUT2D eigenvalue weighted by molar-refractivity contribution is 0.0972. The van der Waals surface area contributed by atoms with Crippen LogP contribution >= 0.6 is 0 Å². The Labute approximate surface area is 299 Å². The molecule has 0 aliphatic rings. The monoisotopic (exact) mass is 705 g/mol. The first-order valence-corrected chi connectivity index (χ1v) is 18.4. The number of hydrogen-bond acceptors (Lipinski definition) is 7. The Balaban J connectivity index is 1.52. The average molecular weight is 706 g/mol. The number of rotatable bonds is 13. The molecule has 0 aliphatic carbocycles. The number of benzene rings is 3. The van der Waals surface area contributed by atoms with Crippen molar-refractivity contribution in [2.24, 2.45) is 7.05 Å². The van der Waals surface area contributed by atoms with Crippen LogP contribution in [-0.2, 0) is 41.4 Å². The lowest BCUT2D eigenvalue weighted by atomic mass is 9.98. The van der Waals surface area contributed by atoms with Crippen molar-refractivity contribution in [2.45, 2.75) is 58.6 Å². The Kier molecular flexibility index (Phi) is 10.4. The van der Waals surface area contributed by atoms with Crippen LogP contribution in [0.5, 0.6) is 5.75 Å². The molecule has 10 nitrogen and oxygen atoms in total. The lowest BCUT2D eigenvalue weighted by Crippen LogP contribution is -2.33. The topological polar surface area (TPSA) is 117 Å². The maximum Gasteiger partial charge on any atom is 0.281 e. The van der Waals surface area contributed by atoms with Crippen molar-refractivity contribution < 1.29 is 22.7 Å². The number of nitrogens with zero attached hydrogens (tertiary/aromatic N) is 4. The first-order chi connectivity index (χ1) is 24.5. The van der Waals surface area contributed by atoms with Gasteiger partial charge in [-0.2, -0.15) is 5.10 Å². The number of pyridine rings is 1. The van der Waals surface area contributed by atoms with E-state index >= 15 is 0 Å². The van der Waals surface area contributed by atoms with Crippen LogP contribution in [-0.4, -0.2) is 47.4 Å². The van der Waals surface area contributed by atoms with Gasteiger partial charge in [0.05, 0.1) is 29.3 Å². The molecule has 6 rings (SSSR count). The number of amides is 1.